The summed E-state index contributed by atoms with van der Waals surface area (Å²) in [6.07, 6.45) is 6.41. The van der Waals surface area contributed by atoms with Crippen LogP contribution in [0.4, 0.5) is 0 Å². The Morgan fingerprint density at radius 3 is 2.69 bits per heavy atom. The maximum absolute atomic E-state index is 11.3. The summed E-state index contributed by atoms with van der Waals surface area (Å²) in [5, 5.41) is 2.75. The highest BCUT2D eigenvalue weighted by Gasteiger charge is 2.31. The van der Waals surface area contributed by atoms with E-state index in [1.807, 2.05) is 0 Å². The molecule has 0 spiro atoms. The van der Waals surface area contributed by atoms with Gasteiger partial charge in [-0.15, -0.1) is 6.58 Å². The molecule has 1 rings (SSSR count). The van der Waals surface area contributed by atoms with Crippen LogP contribution < -0.4 is 11.1 Å². The van der Waals surface area contributed by atoms with Crippen LogP contribution in [0.5, 0.6) is 0 Å². The molecule has 1 aliphatic carbocycles. The van der Waals surface area contributed by atoms with Gasteiger partial charge in [0.1, 0.15) is 0 Å². The number of hydrogen-bond acceptors (Lipinski definition) is 2. The molecule has 0 atom stereocenters. The molecule has 0 aromatic carbocycles. The van der Waals surface area contributed by atoms with Gasteiger partial charge in [-0.05, 0) is 12.8 Å². The lowest BCUT2D eigenvalue weighted by atomic mass is 9.94. The second-order valence-corrected chi connectivity index (χ2v) is 3.84. The molecule has 0 heterocycles. The van der Waals surface area contributed by atoms with Crippen LogP contribution in [0.2, 0.25) is 0 Å². The number of nitrogens with two attached hydrogens (primary N) is 1. The van der Waals surface area contributed by atoms with Crippen molar-refractivity contribution < 1.29 is 4.79 Å². The zero-order chi connectivity index (χ0) is 9.73. The molecule has 3 nitrogen and oxygen atoms in total. The molecule has 1 aliphatic rings. The molecule has 0 radical (unpaired) electrons. The van der Waals surface area contributed by atoms with Crippen molar-refractivity contribution >= 4 is 5.91 Å². The van der Waals surface area contributed by atoms with Gasteiger partial charge >= 0.3 is 0 Å². The lowest BCUT2D eigenvalue weighted by Crippen LogP contribution is -2.42. The Balaban J connectivity index is 2.29. The molecule has 1 fully saturated rings. The molecule has 1 saturated carbocycles. The van der Waals surface area contributed by atoms with Gasteiger partial charge in [0.2, 0.25) is 5.91 Å². The number of rotatable bonds is 4. The van der Waals surface area contributed by atoms with Gasteiger partial charge in [0.05, 0.1) is 0 Å². The number of carbonyl (C=O) groups excluding carboxylic acids is 1. The van der Waals surface area contributed by atoms with Gasteiger partial charge in [-0.25, -0.2) is 0 Å². The van der Waals surface area contributed by atoms with Gasteiger partial charge < -0.3 is 11.1 Å². The first-order valence-electron chi connectivity index (χ1n) is 4.83. The van der Waals surface area contributed by atoms with E-state index in [9.17, 15) is 4.79 Å². The first-order chi connectivity index (χ1) is 6.16. The maximum Gasteiger partial charge on any atom is 0.222 e. The number of carbonyl (C=O) groups is 1. The first-order valence-corrected chi connectivity index (χ1v) is 4.83. The molecule has 0 unspecified atom stereocenters. The molecule has 74 valence electrons. The lowest BCUT2D eigenvalue weighted by molar-refractivity contribution is -0.122. The average Bonchev–Trinajstić information content (AvgIpc) is 2.48. The first kappa shape index (κ1) is 10.3. The minimum absolute atomic E-state index is 0.0456. The second kappa shape index (κ2) is 4.42. The van der Waals surface area contributed by atoms with E-state index in [2.05, 4.69) is 11.9 Å². The topological polar surface area (TPSA) is 55.1 Å². The van der Waals surface area contributed by atoms with Crippen molar-refractivity contribution in [2.75, 3.05) is 6.54 Å². The van der Waals surface area contributed by atoms with E-state index < -0.39 is 0 Å². The van der Waals surface area contributed by atoms with E-state index in [-0.39, 0.29) is 11.4 Å². The van der Waals surface area contributed by atoms with Gasteiger partial charge in [-0.2, -0.15) is 0 Å². The molecule has 3 heteroatoms. The Labute approximate surface area is 79.4 Å². The highest BCUT2D eigenvalue weighted by molar-refractivity contribution is 5.77. The summed E-state index contributed by atoms with van der Waals surface area (Å²) in [5.74, 6) is 0.0456. The number of nitrogens with one attached hydrogen (secondary N) is 1. The Morgan fingerprint density at radius 2 is 2.15 bits per heavy atom. The van der Waals surface area contributed by atoms with E-state index in [1.165, 1.54) is 0 Å². The van der Waals surface area contributed by atoms with Crippen molar-refractivity contribution in [1.29, 1.82) is 0 Å². The molecule has 0 aliphatic heterocycles. The summed E-state index contributed by atoms with van der Waals surface area (Å²) in [6, 6.07) is 0. The average molecular weight is 182 g/mol. The van der Waals surface area contributed by atoms with E-state index in [1.54, 1.807) is 6.08 Å². The lowest BCUT2D eigenvalue weighted by Gasteiger charge is -2.22. The van der Waals surface area contributed by atoms with Gasteiger partial charge in [0.15, 0.2) is 0 Å². The molecule has 0 aromatic rings. The fraction of sp³-hybridized carbons (Fsp3) is 0.700. The summed E-state index contributed by atoms with van der Waals surface area (Å²) in [5.41, 5.74) is 5.81. The summed E-state index contributed by atoms with van der Waals surface area (Å²) in [6.45, 7) is 4.07. The number of hydrogen-bond donors (Lipinski definition) is 2. The standard InChI is InChI=1S/C10H18N2O/c1-2-7-12-9(13)8-10(11)5-3-4-6-10/h2H,1,3-8,11H2,(H,12,13). The molecule has 1 amide bonds. The van der Waals surface area contributed by atoms with Crippen molar-refractivity contribution in [3.8, 4) is 0 Å². The van der Waals surface area contributed by atoms with Gasteiger partial charge in [0, 0.05) is 18.5 Å². The van der Waals surface area contributed by atoms with Crippen molar-refractivity contribution in [1.82, 2.24) is 5.32 Å². The predicted octanol–water partition coefficient (Wildman–Crippen LogP) is 0.950. The molecule has 13 heavy (non-hydrogen) atoms. The smallest absolute Gasteiger partial charge is 0.222 e. The minimum atomic E-state index is -0.231. The van der Waals surface area contributed by atoms with Gasteiger partial charge in [-0.3, -0.25) is 4.79 Å². The fourth-order valence-corrected chi connectivity index (χ4v) is 1.82. The van der Waals surface area contributed by atoms with Gasteiger partial charge in [0.25, 0.3) is 0 Å². The maximum atomic E-state index is 11.3. The number of amides is 1. The zero-order valence-corrected chi connectivity index (χ0v) is 8.01. The SMILES string of the molecule is C=CCNC(=O)CC1(N)CCCC1. The Bertz CT molecular complexity index is 195. The monoisotopic (exact) mass is 182 g/mol. The Kier molecular flexibility index (Phi) is 3.48. The molecule has 0 saturated heterocycles. The van der Waals surface area contributed by atoms with Crippen molar-refractivity contribution in [3.63, 3.8) is 0 Å². The highest BCUT2D eigenvalue weighted by Crippen LogP contribution is 2.29. The summed E-state index contributed by atoms with van der Waals surface area (Å²) < 4.78 is 0. The Hall–Kier alpha value is -0.830. The predicted molar refractivity (Wildman–Crippen MR) is 53.2 cm³/mol. The van der Waals surface area contributed by atoms with Crippen LogP contribution in [0, 0.1) is 0 Å². The minimum Gasteiger partial charge on any atom is -0.353 e. The van der Waals surface area contributed by atoms with Crippen molar-refractivity contribution in [2.24, 2.45) is 5.73 Å². The van der Waals surface area contributed by atoms with E-state index in [0.717, 1.165) is 25.7 Å². The Morgan fingerprint density at radius 1 is 1.54 bits per heavy atom. The third kappa shape index (κ3) is 3.19. The van der Waals surface area contributed by atoms with Crippen molar-refractivity contribution in [3.05, 3.63) is 12.7 Å². The van der Waals surface area contributed by atoms with E-state index in [0.29, 0.717) is 13.0 Å². The normalized spacial score (nSPS) is 19.8. The summed E-state index contributed by atoms with van der Waals surface area (Å²) >= 11 is 0. The summed E-state index contributed by atoms with van der Waals surface area (Å²) in [7, 11) is 0. The van der Waals surface area contributed by atoms with Gasteiger partial charge in [-0.1, -0.05) is 18.9 Å². The van der Waals surface area contributed by atoms with Crippen LogP contribution in [-0.2, 0) is 4.79 Å². The van der Waals surface area contributed by atoms with Crippen molar-refractivity contribution in [2.45, 2.75) is 37.6 Å². The quantitative estimate of drug-likeness (QED) is 0.636. The largest absolute Gasteiger partial charge is 0.353 e. The molecule has 3 N–H and O–H groups in total. The molecular weight excluding hydrogens is 164 g/mol. The van der Waals surface area contributed by atoms with Crippen LogP contribution in [0.3, 0.4) is 0 Å². The fourth-order valence-electron chi connectivity index (χ4n) is 1.82. The van der Waals surface area contributed by atoms with Crippen LogP contribution >= 0.6 is 0 Å². The molecule has 0 bridgehead atoms. The van der Waals surface area contributed by atoms with E-state index in [4.69, 9.17) is 5.73 Å². The third-order valence-electron chi connectivity index (χ3n) is 2.56. The zero-order valence-electron chi connectivity index (χ0n) is 8.01. The van der Waals surface area contributed by atoms with E-state index >= 15 is 0 Å². The third-order valence-corrected chi connectivity index (χ3v) is 2.56. The second-order valence-electron chi connectivity index (χ2n) is 3.84. The van der Waals surface area contributed by atoms with Crippen LogP contribution in [-0.4, -0.2) is 18.0 Å². The molecular formula is C10H18N2O. The summed E-state index contributed by atoms with van der Waals surface area (Å²) in [4.78, 5) is 11.3. The highest BCUT2D eigenvalue weighted by atomic mass is 16.1. The molecule has 0 aromatic heterocycles. The van der Waals surface area contributed by atoms with Crippen LogP contribution in [0.25, 0.3) is 0 Å². The van der Waals surface area contributed by atoms with Crippen LogP contribution in [0.15, 0.2) is 12.7 Å². The van der Waals surface area contributed by atoms with Crippen LogP contribution in [0.1, 0.15) is 32.1 Å².